The molecule has 1 aromatic heterocycles. The Hall–Kier alpha value is -0.520. The van der Waals surface area contributed by atoms with Crippen LogP contribution in [-0.2, 0) is 12.0 Å². The van der Waals surface area contributed by atoms with E-state index in [0.29, 0.717) is 6.54 Å². The lowest BCUT2D eigenvalue weighted by Crippen LogP contribution is -2.39. The Morgan fingerprint density at radius 3 is 2.61 bits per heavy atom. The van der Waals surface area contributed by atoms with E-state index in [1.54, 1.807) is 11.8 Å². The molecule has 104 valence electrons. The normalized spacial score (nSPS) is 15.7. The quantitative estimate of drug-likeness (QED) is 0.740. The molecule has 0 saturated carbocycles. The Labute approximate surface area is 114 Å². The van der Waals surface area contributed by atoms with Crippen LogP contribution in [0, 0.1) is 0 Å². The van der Waals surface area contributed by atoms with Gasteiger partial charge in [0.2, 0.25) is 0 Å². The average molecular weight is 271 g/mol. The van der Waals surface area contributed by atoms with Gasteiger partial charge in [-0.25, -0.2) is 0 Å². The molecule has 0 aliphatic rings. The van der Waals surface area contributed by atoms with E-state index >= 15 is 0 Å². The van der Waals surface area contributed by atoms with Crippen LogP contribution in [0.2, 0.25) is 0 Å². The standard InChI is InChI=1S/C13H25N3OS/c1-12(2,3)11-10(7-15-16-11)6-14-8-13(4,17)9-18-5/h7,14,17H,6,8-9H2,1-5H3,(H,15,16). The summed E-state index contributed by atoms with van der Waals surface area (Å²) in [6, 6.07) is 0. The predicted octanol–water partition coefficient (Wildman–Crippen LogP) is 1.91. The summed E-state index contributed by atoms with van der Waals surface area (Å²) in [7, 11) is 0. The minimum atomic E-state index is -0.662. The molecule has 0 aliphatic heterocycles. The highest BCUT2D eigenvalue weighted by molar-refractivity contribution is 7.98. The fourth-order valence-corrected chi connectivity index (χ4v) is 2.65. The number of rotatable bonds is 6. The van der Waals surface area contributed by atoms with Gasteiger partial charge in [0.25, 0.3) is 0 Å². The monoisotopic (exact) mass is 271 g/mol. The lowest BCUT2D eigenvalue weighted by molar-refractivity contribution is 0.0845. The maximum Gasteiger partial charge on any atom is 0.0833 e. The Morgan fingerprint density at radius 2 is 2.06 bits per heavy atom. The largest absolute Gasteiger partial charge is 0.388 e. The third kappa shape index (κ3) is 4.63. The molecule has 0 amide bonds. The van der Waals surface area contributed by atoms with Crippen molar-refractivity contribution >= 4 is 11.8 Å². The van der Waals surface area contributed by atoms with Crippen LogP contribution in [0.15, 0.2) is 6.20 Å². The molecular formula is C13H25N3OS. The number of hydrogen-bond acceptors (Lipinski definition) is 4. The highest BCUT2D eigenvalue weighted by Gasteiger charge is 2.22. The number of nitrogens with one attached hydrogen (secondary N) is 2. The van der Waals surface area contributed by atoms with Gasteiger partial charge in [-0.1, -0.05) is 20.8 Å². The first-order chi connectivity index (χ1) is 8.26. The smallest absolute Gasteiger partial charge is 0.0833 e. The van der Waals surface area contributed by atoms with Gasteiger partial charge < -0.3 is 10.4 Å². The topological polar surface area (TPSA) is 60.9 Å². The Kier molecular flexibility index (Phi) is 5.25. The van der Waals surface area contributed by atoms with Gasteiger partial charge in [-0.3, -0.25) is 5.10 Å². The highest BCUT2D eigenvalue weighted by atomic mass is 32.2. The molecule has 0 saturated heterocycles. The SMILES string of the molecule is CSCC(C)(O)CNCc1cn[nH]c1C(C)(C)C. The van der Waals surface area contributed by atoms with E-state index in [1.807, 2.05) is 19.4 Å². The van der Waals surface area contributed by atoms with Crippen molar-refractivity contribution < 1.29 is 5.11 Å². The fourth-order valence-electron chi connectivity index (χ4n) is 1.92. The lowest BCUT2D eigenvalue weighted by atomic mass is 9.89. The zero-order valence-corrected chi connectivity index (χ0v) is 12.8. The van der Waals surface area contributed by atoms with Crippen molar-refractivity contribution in [1.29, 1.82) is 0 Å². The maximum absolute atomic E-state index is 10.1. The molecule has 0 spiro atoms. The van der Waals surface area contributed by atoms with Crippen LogP contribution in [0.3, 0.4) is 0 Å². The second-order valence-corrected chi connectivity index (χ2v) is 6.92. The van der Waals surface area contributed by atoms with Crippen LogP contribution in [0.25, 0.3) is 0 Å². The summed E-state index contributed by atoms with van der Waals surface area (Å²) in [4.78, 5) is 0. The Morgan fingerprint density at radius 1 is 1.39 bits per heavy atom. The maximum atomic E-state index is 10.1. The van der Waals surface area contributed by atoms with Crippen LogP contribution in [-0.4, -0.2) is 39.5 Å². The van der Waals surface area contributed by atoms with Crippen molar-refractivity contribution in [2.75, 3.05) is 18.6 Å². The lowest BCUT2D eigenvalue weighted by Gasteiger charge is -2.23. The van der Waals surface area contributed by atoms with Gasteiger partial charge in [-0.2, -0.15) is 16.9 Å². The van der Waals surface area contributed by atoms with Crippen molar-refractivity contribution in [3.63, 3.8) is 0 Å². The third-order valence-corrected chi connectivity index (χ3v) is 3.65. The highest BCUT2D eigenvalue weighted by Crippen LogP contribution is 2.23. The van der Waals surface area contributed by atoms with Crippen molar-refractivity contribution in [2.24, 2.45) is 0 Å². The summed E-state index contributed by atoms with van der Waals surface area (Å²) < 4.78 is 0. The number of hydrogen-bond donors (Lipinski definition) is 3. The molecule has 1 aromatic rings. The van der Waals surface area contributed by atoms with Gasteiger partial charge in [0.15, 0.2) is 0 Å². The molecule has 18 heavy (non-hydrogen) atoms. The van der Waals surface area contributed by atoms with Crippen LogP contribution in [0.5, 0.6) is 0 Å². The summed E-state index contributed by atoms with van der Waals surface area (Å²) >= 11 is 1.66. The number of H-pyrrole nitrogens is 1. The van der Waals surface area contributed by atoms with E-state index in [-0.39, 0.29) is 5.41 Å². The molecule has 0 fully saturated rings. The van der Waals surface area contributed by atoms with Crippen LogP contribution in [0.1, 0.15) is 39.0 Å². The first-order valence-electron chi connectivity index (χ1n) is 6.21. The molecule has 1 atom stereocenters. The predicted molar refractivity (Wildman–Crippen MR) is 78.0 cm³/mol. The van der Waals surface area contributed by atoms with Crippen molar-refractivity contribution in [2.45, 2.75) is 45.3 Å². The number of aliphatic hydroxyl groups is 1. The van der Waals surface area contributed by atoms with Gasteiger partial charge in [0, 0.05) is 35.5 Å². The molecule has 0 radical (unpaired) electrons. The molecule has 1 heterocycles. The molecule has 4 nitrogen and oxygen atoms in total. The first-order valence-corrected chi connectivity index (χ1v) is 7.60. The van der Waals surface area contributed by atoms with E-state index in [9.17, 15) is 5.11 Å². The second-order valence-electron chi connectivity index (χ2n) is 6.05. The molecule has 0 aliphatic carbocycles. The number of nitrogens with zero attached hydrogens (tertiary/aromatic N) is 1. The van der Waals surface area contributed by atoms with E-state index in [1.165, 1.54) is 5.56 Å². The van der Waals surface area contributed by atoms with E-state index in [4.69, 9.17) is 0 Å². The van der Waals surface area contributed by atoms with Gasteiger partial charge in [-0.05, 0) is 13.2 Å². The molecule has 3 N–H and O–H groups in total. The molecule has 1 unspecified atom stereocenters. The third-order valence-electron chi connectivity index (χ3n) is 2.74. The van der Waals surface area contributed by atoms with Crippen molar-refractivity contribution in [3.05, 3.63) is 17.5 Å². The summed E-state index contributed by atoms with van der Waals surface area (Å²) in [5.41, 5.74) is 1.72. The molecule has 1 rings (SSSR count). The Balaban J connectivity index is 2.53. The second kappa shape index (κ2) is 6.08. The van der Waals surface area contributed by atoms with Gasteiger partial charge in [0.05, 0.1) is 11.8 Å². The average Bonchev–Trinajstić information content (AvgIpc) is 2.64. The summed E-state index contributed by atoms with van der Waals surface area (Å²) in [5, 5.41) is 20.5. The summed E-state index contributed by atoms with van der Waals surface area (Å²) in [6.07, 6.45) is 3.86. The van der Waals surface area contributed by atoms with E-state index in [0.717, 1.165) is 18.0 Å². The van der Waals surface area contributed by atoms with E-state index in [2.05, 4.69) is 36.3 Å². The van der Waals surface area contributed by atoms with Crippen LogP contribution >= 0.6 is 11.8 Å². The minimum absolute atomic E-state index is 0.0648. The van der Waals surface area contributed by atoms with E-state index < -0.39 is 5.60 Å². The number of aromatic amines is 1. The Bertz CT molecular complexity index is 369. The summed E-state index contributed by atoms with van der Waals surface area (Å²) in [6.45, 7) is 9.66. The fraction of sp³-hybridized carbons (Fsp3) is 0.769. The number of aromatic nitrogens is 2. The van der Waals surface area contributed by atoms with Crippen LogP contribution < -0.4 is 5.32 Å². The summed E-state index contributed by atoms with van der Waals surface area (Å²) in [5.74, 6) is 0.734. The van der Waals surface area contributed by atoms with Crippen molar-refractivity contribution in [1.82, 2.24) is 15.5 Å². The van der Waals surface area contributed by atoms with Crippen molar-refractivity contribution in [3.8, 4) is 0 Å². The molecule has 0 aromatic carbocycles. The zero-order chi connectivity index (χ0) is 13.8. The van der Waals surface area contributed by atoms with Gasteiger partial charge in [-0.15, -0.1) is 0 Å². The zero-order valence-electron chi connectivity index (χ0n) is 12.0. The van der Waals surface area contributed by atoms with Crippen LogP contribution in [0.4, 0.5) is 0 Å². The molecule has 0 bridgehead atoms. The van der Waals surface area contributed by atoms with Gasteiger partial charge in [0.1, 0.15) is 0 Å². The first kappa shape index (κ1) is 15.5. The molecule has 5 heteroatoms. The molecular weight excluding hydrogens is 246 g/mol. The minimum Gasteiger partial charge on any atom is -0.388 e. The van der Waals surface area contributed by atoms with Gasteiger partial charge >= 0.3 is 0 Å². The number of thioether (sulfide) groups is 1.